The second-order valence-corrected chi connectivity index (χ2v) is 24.8. The maximum Gasteiger partial charge on any atom is 0.310 e. The van der Waals surface area contributed by atoms with Crippen molar-refractivity contribution in [3.63, 3.8) is 0 Å². The minimum absolute atomic E-state index is 0.000249. The van der Waals surface area contributed by atoms with Crippen LogP contribution in [0.25, 0.3) is 0 Å². The molecule has 4 aliphatic heterocycles. The number of carboxylic acid groups (broad SMARTS) is 1. The molecule has 4 heterocycles. The standard InChI is InChI=1S/C51H82O20/c1-23-32(55)39(70-42-37(60)35(58)28(21-66-42)68-41-36(59)33(56)26(53)19-64-41)38(61)43(67-23)71-40-34(57)27(54)20-65-44(40)69-31-11-12-47(4)29(48(31,5)22-52)10-13-50(7)30(47)9-8-24-25-18-46(2,3)14-16-51(25,45(62)63)17-15-49(24,50)6/h8,23,25-44,52-61H,9-22H2,1-7H3,(H,62,63). The van der Waals surface area contributed by atoms with Crippen LogP contribution in [0, 0.1) is 50.2 Å². The summed E-state index contributed by atoms with van der Waals surface area (Å²) >= 11 is 0. The summed E-state index contributed by atoms with van der Waals surface area (Å²) in [5.74, 6) is -0.434. The predicted octanol–water partition coefficient (Wildman–Crippen LogP) is 0.448. The molecule has 4 saturated heterocycles. The smallest absolute Gasteiger partial charge is 0.310 e. The van der Waals surface area contributed by atoms with Gasteiger partial charge in [0, 0.05) is 5.41 Å². The van der Waals surface area contributed by atoms with Crippen molar-refractivity contribution < 1.29 is 98.9 Å². The Morgan fingerprint density at radius 2 is 1.25 bits per heavy atom. The van der Waals surface area contributed by atoms with Gasteiger partial charge in [0.15, 0.2) is 25.2 Å². The molecule has 20 heteroatoms. The number of aliphatic hydroxyl groups excluding tert-OH is 10. The van der Waals surface area contributed by atoms with Crippen molar-refractivity contribution >= 4 is 5.97 Å². The molecule has 0 aromatic rings. The molecule has 0 spiro atoms. The highest BCUT2D eigenvalue weighted by Gasteiger charge is 2.70. The van der Waals surface area contributed by atoms with E-state index in [0.29, 0.717) is 19.3 Å². The van der Waals surface area contributed by atoms with Crippen molar-refractivity contribution in [2.45, 2.75) is 223 Å². The Morgan fingerprint density at radius 1 is 0.634 bits per heavy atom. The number of aliphatic hydroxyl groups is 10. The zero-order valence-corrected chi connectivity index (χ0v) is 42.2. The van der Waals surface area contributed by atoms with Crippen molar-refractivity contribution in [1.29, 1.82) is 0 Å². The summed E-state index contributed by atoms with van der Waals surface area (Å²) < 4.78 is 47.5. The first kappa shape index (κ1) is 54.3. The van der Waals surface area contributed by atoms with Crippen LogP contribution in [0.5, 0.6) is 0 Å². The maximum absolute atomic E-state index is 13.2. The van der Waals surface area contributed by atoms with Gasteiger partial charge >= 0.3 is 5.97 Å². The number of hydrogen-bond donors (Lipinski definition) is 11. The van der Waals surface area contributed by atoms with E-state index in [0.717, 1.165) is 44.9 Å². The van der Waals surface area contributed by atoms with Gasteiger partial charge in [0.1, 0.15) is 73.2 Å². The van der Waals surface area contributed by atoms with Crippen molar-refractivity contribution in [3.05, 3.63) is 11.6 Å². The zero-order chi connectivity index (χ0) is 51.5. The van der Waals surface area contributed by atoms with Crippen molar-refractivity contribution in [1.82, 2.24) is 0 Å². The molecule has 4 saturated carbocycles. The van der Waals surface area contributed by atoms with Crippen LogP contribution in [0.1, 0.15) is 113 Å². The molecule has 0 bridgehead atoms. The van der Waals surface area contributed by atoms with Gasteiger partial charge in [-0.1, -0.05) is 53.2 Å². The van der Waals surface area contributed by atoms with Crippen LogP contribution in [0.3, 0.4) is 0 Å². The van der Waals surface area contributed by atoms with Crippen LogP contribution >= 0.6 is 0 Å². The number of allylic oxidation sites excluding steroid dienone is 2. The first-order chi connectivity index (χ1) is 33.3. The molecule has 5 aliphatic carbocycles. The lowest BCUT2D eigenvalue weighted by atomic mass is 9.33. The fourth-order valence-corrected chi connectivity index (χ4v) is 15.7. The third-order valence-corrected chi connectivity index (χ3v) is 20.4. The number of fused-ring (bicyclic) bond motifs is 7. The lowest BCUT2D eigenvalue weighted by Crippen LogP contribution is -2.67. The van der Waals surface area contributed by atoms with E-state index in [-0.39, 0.29) is 59.2 Å². The monoisotopic (exact) mass is 1010 g/mol. The molecule has 8 fully saturated rings. The van der Waals surface area contributed by atoms with Crippen LogP contribution in [0.2, 0.25) is 0 Å². The Hall–Kier alpha value is -1.51. The van der Waals surface area contributed by atoms with Gasteiger partial charge in [-0.15, -0.1) is 0 Å². The highest BCUT2D eigenvalue weighted by Crippen LogP contribution is 2.76. The Labute approximate surface area is 415 Å². The molecule has 0 aromatic heterocycles. The van der Waals surface area contributed by atoms with Gasteiger partial charge in [-0.25, -0.2) is 0 Å². The number of aliphatic carboxylic acids is 1. The summed E-state index contributed by atoms with van der Waals surface area (Å²) in [6.07, 6.45) is -16.4. The molecular formula is C51H82O20. The first-order valence-corrected chi connectivity index (χ1v) is 26.1. The van der Waals surface area contributed by atoms with Crippen LogP contribution in [-0.4, -0.2) is 199 Å². The lowest BCUT2D eigenvalue weighted by Gasteiger charge is -2.71. The van der Waals surface area contributed by atoms with Crippen LogP contribution in [0.4, 0.5) is 0 Å². The number of rotatable bonds is 10. The number of hydrogen-bond acceptors (Lipinski definition) is 19. The highest BCUT2D eigenvalue weighted by molar-refractivity contribution is 5.76. The zero-order valence-electron chi connectivity index (χ0n) is 42.2. The van der Waals surface area contributed by atoms with E-state index in [1.165, 1.54) is 12.5 Å². The number of ether oxygens (including phenoxy) is 8. The average Bonchev–Trinajstić information content (AvgIpc) is 3.32. The summed E-state index contributed by atoms with van der Waals surface area (Å²) in [4.78, 5) is 13.2. The van der Waals surface area contributed by atoms with Gasteiger partial charge < -0.3 is 94.1 Å². The van der Waals surface area contributed by atoms with Gasteiger partial charge in [-0.3, -0.25) is 4.79 Å². The summed E-state index contributed by atoms with van der Waals surface area (Å²) in [6.45, 7) is 14.0. The van der Waals surface area contributed by atoms with Crippen molar-refractivity contribution in [3.8, 4) is 0 Å². The maximum atomic E-state index is 13.2. The number of carbonyl (C=O) groups is 1. The molecule has 406 valence electrons. The molecule has 9 aliphatic rings. The van der Waals surface area contributed by atoms with Crippen molar-refractivity contribution in [2.24, 2.45) is 50.2 Å². The normalized spacial score (nSPS) is 55.2. The van der Waals surface area contributed by atoms with Gasteiger partial charge in [0.25, 0.3) is 0 Å². The Morgan fingerprint density at radius 3 is 1.94 bits per heavy atom. The molecule has 71 heavy (non-hydrogen) atoms. The summed E-state index contributed by atoms with van der Waals surface area (Å²) in [5.41, 5.74) is -0.693. The number of carboxylic acids is 1. The minimum atomic E-state index is -1.83. The highest BCUT2D eigenvalue weighted by atomic mass is 16.8. The Kier molecular flexibility index (Phi) is 14.9. The molecule has 9 rings (SSSR count). The largest absolute Gasteiger partial charge is 0.481 e. The van der Waals surface area contributed by atoms with E-state index in [2.05, 4.69) is 40.7 Å². The van der Waals surface area contributed by atoms with E-state index in [1.807, 2.05) is 6.92 Å². The summed E-state index contributed by atoms with van der Waals surface area (Å²) in [5, 5.41) is 120. The van der Waals surface area contributed by atoms with Gasteiger partial charge in [-0.05, 0) is 111 Å². The molecule has 0 aromatic carbocycles. The third kappa shape index (κ3) is 8.80. The van der Waals surface area contributed by atoms with E-state index >= 15 is 0 Å². The van der Waals surface area contributed by atoms with E-state index < -0.39 is 134 Å². The van der Waals surface area contributed by atoms with Crippen LogP contribution < -0.4 is 0 Å². The van der Waals surface area contributed by atoms with E-state index in [9.17, 15) is 61.0 Å². The summed E-state index contributed by atoms with van der Waals surface area (Å²) in [7, 11) is 0. The lowest BCUT2D eigenvalue weighted by molar-refractivity contribution is -0.382. The molecule has 0 radical (unpaired) electrons. The molecule has 0 amide bonds. The van der Waals surface area contributed by atoms with Crippen molar-refractivity contribution in [2.75, 3.05) is 26.4 Å². The molecule has 26 unspecified atom stereocenters. The van der Waals surface area contributed by atoms with Crippen LogP contribution in [-0.2, 0) is 42.7 Å². The molecular weight excluding hydrogens is 933 g/mol. The SMILES string of the molecule is CC1OC(OC2C(OC3CCC4(C)C(CCC5(C)C4CC=C4C6CC(C)(C)CCC6(C(=O)O)CCC45C)C3(C)CO)OCC(O)C2O)C(O)C(OC2OCC(OC3OCC(O)C(O)C3O)C(O)C2O)C1O. The quantitative estimate of drug-likeness (QED) is 0.105. The summed E-state index contributed by atoms with van der Waals surface area (Å²) in [6, 6.07) is 0. The second kappa shape index (κ2) is 19.5. The van der Waals surface area contributed by atoms with E-state index in [4.69, 9.17) is 37.9 Å². The van der Waals surface area contributed by atoms with E-state index in [1.54, 1.807) is 0 Å². The first-order valence-electron chi connectivity index (χ1n) is 26.1. The molecule has 11 N–H and O–H groups in total. The fourth-order valence-electron chi connectivity index (χ4n) is 15.7. The predicted molar refractivity (Wildman–Crippen MR) is 245 cm³/mol. The average molecular weight is 1020 g/mol. The molecule has 20 nitrogen and oxygen atoms in total. The van der Waals surface area contributed by atoms with Gasteiger partial charge in [-0.2, -0.15) is 0 Å². The Bertz CT molecular complexity index is 1960. The van der Waals surface area contributed by atoms with Gasteiger partial charge in [0.05, 0.1) is 44.1 Å². The Balaban J connectivity index is 0.892. The van der Waals surface area contributed by atoms with Gasteiger partial charge in [0.2, 0.25) is 0 Å². The third-order valence-electron chi connectivity index (χ3n) is 20.4. The fraction of sp³-hybridized carbons (Fsp3) is 0.941. The second-order valence-electron chi connectivity index (χ2n) is 24.8. The molecule has 26 atom stereocenters. The minimum Gasteiger partial charge on any atom is -0.481 e. The topological polar surface area (TPSA) is 313 Å². The van der Waals surface area contributed by atoms with Crippen LogP contribution in [0.15, 0.2) is 11.6 Å².